The van der Waals surface area contributed by atoms with Gasteiger partial charge in [-0.2, -0.15) is 0 Å². The Morgan fingerprint density at radius 3 is 1.88 bits per heavy atom. The van der Waals surface area contributed by atoms with E-state index in [1.807, 2.05) is 11.3 Å². The van der Waals surface area contributed by atoms with Crippen LogP contribution in [0.25, 0.3) is 64.0 Å². The molecule has 0 fully saturated rings. The molecule has 1 heterocycles. The predicted molar refractivity (Wildman–Crippen MR) is 175 cm³/mol. The second-order valence-electron chi connectivity index (χ2n) is 10.3. The van der Waals surface area contributed by atoms with Crippen molar-refractivity contribution in [3.05, 3.63) is 146 Å². The Balaban J connectivity index is 1.17. The van der Waals surface area contributed by atoms with Crippen LogP contribution in [0.15, 0.2) is 146 Å². The monoisotopic (exact) mass is 527 g/mol. The van der Waals surface area contributed by atoms with Gasteiger partial charge in [-0.3, -0.25) is 0 Å². The van der Waals surface area contributed by atoms with Gasteiger partial charge in [0.25, 0.3) is 0 Å². The van der Waals surface area contributed by atoms with E-state index in [1.165, 1.54) is 64.0 Å². The zero-order chi connectivity index (χ0) is 26.5. The molecule has 0 unspecified atom stereocenters. The van der Waals surface area contributed by atoms with Gasteiger partial charge in [-0.25, -0.2) is 0 Å². The number of fused-ring (bicyclic) bond motifs is 5. The van der Waals surface area contributed by atoms with Crippen LogP contribution in [0.1, 0.15) is 0 Å². The number of hydrogen-bond acceptors (Lipinski definition) is 2. The summed E-state index contributed by atoms with van der Waals surface area (Å²) in [7, 11) is 0. The Morgan fingerprint density at radius 2 is 1.02 bits per heavy atom. The molecule has 0 radical (unpaired) electrons. The lowest BCUT2D eigenvalue weighted by Crippen LogP contribution is -1.90. The van der Waals surface area contributed by atoms with E-state index in [2.05, 4.69) is 151 Å². The van der Waals surface area contributed by atoms with E-state index in [4.69, 9.17) is 0 Å². The summed E-state index contributed by atoms with van der Waals surface area (Å²) in [6, 6.07) is 52.7. The van der Waals surface area contributed by atoms with E-state index in [9.17, 15) is 0 Å². The van der Waals surface area contributed by atoms with Gasteiger partial charge in [0.1, 0.15) is 0 Å². The maximum absolute atomic E-state index is 3.62. The van der Waals surface area contributed by atoms with Crippen LogP contribution >= 0.6 is 11.3 Å². The van der Waals surface area contributed by atoms with Gasteiger partial charge >= 0.3 is 0 Å². The second kappa shape index (κ2) is 9.37. The van der Waals surface area contributed by atoms with E-state index in [0.717, 1.165) is 11.4 Å². The Kier molecular flexibility index (Phi) is 5.39. The minimum atomic E-state index is 1.08. The highest BCUT2D eigenvalue weighted by atomic mass is 32.1. The number of anilines is 2. The van der Waals surface area contributed by atoms with Crippen LogP contribution in [0.5, 0.6) is 0 Å². The van der Waals surface area contributed by atoms with E-state index >= 15 is 0 Å². The fraction of sp³-hybridized carbons (Fsp3) is 0. The average Bonchev–Trinajstić information content (AvgIpc) is 3.39. The molecule has 0 bridgehead atoms. The summed E-state index contributed by atoms with van der Waals surface area (Å²) in [6.07, 6.45) is 0. The number of rotatable bonds is 4. The smallest absolute Gasteiger partial charge is 0.0391 e. The lowest BCUT2D eigenvalue weighted by molar-refractivity contribution is 1.56. The molecule has 8 rings (SSSR count). The van der Waals surface area contributed by atoms with Gasteiger partial charge in [-0.15, -0.1) is 11.3 Å². The van der Waals surface area contributed by atoms with Crippen molar-refractivity contribution in [2.75, 3.05) is 5.32 Å². The molecule has 0 aliphatic rings. The highest BCUT2D eigenvalue weighted by molar-refractivity contribution is 7.25. The third-order valence-corrected chi connectivity index (χ3v) is 8.98. The molecule has 0 spiro atoms. The number of nitrogens with one attached hydrogen (secondary N) is 1. The largest absolute Gasteiger partial charge is 0.356 e. The Labute approximate surface area is 237 Å². The van der Waals surface area contributed by atoms with Crippen molar-refractivity contribution in [3.8, 4) is 22.3 Å². The molecule has 188 valence electrons. The van der Waals surface area contributed by atoms with Crippen LogP contribution in [0.4, 0.5) is 11.4 Å². The van der Waals surface area contributed by atoms with Gasteiger partial charge in [0.05, 0.1) is 0 Å². The van der Waals surface area contributed by atoms with E-state index in [1.54, 1.807) is 0 Å². The first kappa shape index (κ1) is 23.0. The lowest BCUT2D eigenvalue weighted by Gasteiger charge is -2.14. The van der Waals surface area contributed by atoms with Crippen molar-refractivity contribution in [2.24, 2.45) is 0 Å². The molecule has 40 heavy (non-hydrogen) atoms. The first-order chi connectivity index (χ1) is 19.8. The van der Waals surface area contributed by atoms with Crippen molar-refractivity contribution >= 4 is 64.4 Å². The molecule has 2 heteroatoms. The molecule has 0 saturated carbocycles. The topological polar surface area (TPSA) is 12.0 Å². The van der Waals surface area contributed by atoms with Crippen LogP contribution in [0.2, 0.25) is 0 Å². The summed E-state index contributed by atoms with van der Waals surface area (Å²) in [6.45, 7) is 0. The van der Waals surface area contributed by atoms with Crippen LogP contribution in [0, 0.1) is 0 Å². The number of hydrogen-bond donors (Lipinski definition) is 1. The summed E-state index contributed by atoms with van der Waals surface area (Å²) in [5, 5.41) is 11.3. The third kappa shape index (κ3) is 3.93. The number of thiophene rings is 1. The summed E-state index contributed by atoms with van der Waals surface area (Å²) >= 11 is 1.85. The molecule has 0 aliphatic carbocycles. The maximum atomic E-state index is 3.62. The highest BCUT2D eigenvalue weighted by Gasteiger charge is 2.11. The maximum Gasteiger partial charge on any atom is 0.0391 e. The van der Waals surface area contributed by atoms with Gasteiger partial charge in [-0.05, 0) is 92.3 Å². The van der Waals surface area contributed by atoms with Crippen LogP contribution < -0.4 is 5.32 Å². The summed E-state index contributed by atoms with van der Waals surface area (Å²) in [5.74, 6) is 0. The van der Waals surface area contributed by atoms with Crippen molar-refractivity contribution in [2.45, 2.75) is 0 Å². The SMILES string of the molecule is c1ccc2c(-c3cc(-c4ccc(Nc5ccc6sc7ccccc7c6c5)cc4)cc4ccccc34)cccc2c1. The molecule has 1 N–H and O–H groups in total. The quantitative estimate of drug-likeness (QED) is 0.240. The van der Waals surface area contributed by atoms with Crippen LogP contribution in [-0.2, 0) is 0 Å². The molecule has 8 aromatic rings. The summed E-state index contributed by atoms with van der Waals surface area (Å²) in [4.78, 5) is 0. The standard InChI is InChI=1S/C38H25NS/c1-3-11-31-26(8-1)10-7-14-33(31)35-23-28(22-27-9-2-4-12-32(27)35)25-16-18-29(19-17-25)39-30-20-21-38-36(24-30)34-13-5-6-15-37(34)40-38/h1-24,39H. The van der Waals surface area contributed by atoms with Crippen molar-refractivity contribution in [1.82, 2.24) is 0 Å². The molecule has 1 nitrogen and oxygen atoms in total. The van der Waals surface area contributed by atoms with Crippen molar-refractivity contribution in [3.63, 3.8) is 0 Å². The highest BCUT2D eigenvalue weighted by Crippen LogP contribution is 2.38. The first-order valence-electron chi connectivity index (χ1n) is 13.6. The number of benzene rings is 7. The van der Waals surface area contributed by atoms with E-state index in [0.29, 0.717) is 0 Å². The fourth-order valence-electron chi connectivity index (χ4n) is 5.88. The fourth-order valence-corrected chi connectivity index (χ4v) is 6.96. The second-order valence-corrected chi connectivity index (χ2v) is 11.4. The summed E-state index contributed by atoms with van der Waals surface area (Å²) in [5.41, 5.74) is 7.15. The minimum Gasteiger partial charge on any atom is -0.356 e. The average molecular weight is 528 g/mol. The molecule has 0 amide bonds. The molecule has 1 aromatic heterocycles. The molecule has 0 atom stereocenters. The van der Waals surface area contributed by atoms with E-state index < -0.39 is 0 Å². The molecule has 0 saturated heterocycles. The zero-order valence-electron chi connectivity index (χ0n) is 21.8. The van der Waals surface area contributed by atoms with Gasteiger partial charge < -0.3 is 5.32 Å². The van der Waals surface area contributed by atoms with Gasteiger partial charge in [0, 0.05) is 31.5 Å². The molecule has 0 aliphatic heterocycles. The summed E-state index contributed by atoms with van der Waals surface area (Å²) < 4.78 is 2.65. The zero-order valence-corrected chi connectivity index (χ0v) is 22.6. The molecular weight excluding hydrogens is 502 g/mol. The lowest BCUT2D eigenvalue weighted by atomic mass is 9.90. The van der Waals surface area contributed by atoms with Gasteiger partial charge in [0.2, 0.25) is 0 Å². The van der Waals surface area contributed by atoms with E-state index in [-0.39, 0.29) is 0 Å². The van der Waals surface area contributed by atoms with Gasteiger partial charge in [-0.1, -0.05) is 97.1 Å². The van der Waals surface area contributed by atoms with Crippen LogP contribution in [0.3, 0.4) is 0 Å². The first-order valence-corrected chi connectivity index (χ1v) is 14.4. The predicted octanol–water partition coefficient (Wildman–Crippen LogP) is 11.4. The Morgan fingerprint density at radius 1 is 0.375 bits per heavy atom. The minimum absolute atomic E-state index is 1.08. The van der Waals surface area contributed by atoms with Gasteiger partial charge in [0.15, 0.2) is 0 Å². The Hall–Kier alpha value is -4.92. The molecule has 7 aromatic carbocycles. The normalized spacial score (nSPS) is 11.5. The van der Waals surface area contributed by atoms with Crippen molar-refractivity contribution < 1.29 is 0 Å². The molecular formula is C38H25NS. The third-order valence-electron chi connectivity index (χ3n) is 7.83. The van der Waals surface area contributed by atoms with Crippen molar-refractivity contribution in [1.29, 1.82) is 0 Å². The van der Waals surface area contributed by atoms with Crippen LogP contribution in [-0.4, -0.2) is 0 Å². The Bertz CT molecular complexity index is 2180.